The van der Waals surface area contributed by atoms with Crippen LogP contribution in [0.3, 0.4) is 0 Å². The molecule has 2 N–H and O–H groups in total. The van der Waals surface area contributed by atoms with Crippen molar-refractivity contribution in [2.75, 3.05) is 6.54 Å². The molecule has 0 bridgehead atoms. The predicted octanol–water partition coefficient (Wildman–Crippen LogP) is 2.20. The number of piperidine rings is 1. The second kappa shape index (κ2) is 5.19. The molecule has 3 nitrogen and oxygen atoms in total. The summed E-state index contributed by atoms with van der Waals surface area (Å²) in [6.45, 7) is 5.68. The van der Waals surface area contributed by atoms with Crippen molar-refractivity contribution in [2.45, 2.75) is 45.2 Å². The van der Waals surface area contributed by atoms with Gasteiger partial charge in [0.1, 0.15) is 0 Å². The fraction of sp³-hybridized carbons (Fsp3) is 0.615. The third kappa shape index (κ3) is 2.87. The third-order valence-electron chi connectivity index (χ3n) is 3.50. The van der Waals surface area contributed by atoms with E-state index in [4.69, 9.17) is 0 Å². The highest BCUT2D eigenvalue weighted by atomic mass is 32.1. The minimum atomic E-state index is -0.372. The maximum absolute atomic E-state index is 12.2. The van der Waals surface area contributed by atoms with Crippen LogP contribution < -0.4 is 10.6 Å². The van der Waals surface area contributed by atoms with Gasteiger partial charge >= 0.3 is 0 Å². The minimum Gasteiger partial charge on any atom is -0.350 e. The van der Waals surface area contributed by atoms with Crippen molar-refractivity contribution in [3.63, 3.8) is 0 Å². The first kappa shape index (κ1) is 12.6. The summed E-state index contributed by atoms with van der Waals surface area (Å²) in [5, 5.41) is 8.44. The van der Waals surface area contributed by atoms with E-state index < -0.39 is 0 Å². The maximum Gasteiger partial charge on any atom is 0.240 e. The first-order valence-corrected chi connectivity index (χ1v) is 7.06. The quantitative estimate of drug-likeness (QED) is 0.866. The average Bonchev–Trinajstić information content (AvgIpc) is 2.73. The van der Waals surface area contributed by atoms with E-state index in [9.17, 15) is 4.79 Å². The van der Waals surface area contributed by atoms with Crippen molar-refractivity contribution in [1.82, 2.24) is 10.6 Å². The molecule has 2 rings (SSSR count). The number of nitrogens with one attached hydrogen (secondary N) is 2. The van der Waals surface area contributed by atoms with Crippen molar-refractivity contribution in [3.05, 3.63) is 21.9 Å². The van der Waals surface area contributed by atoms with Crippen molar-refractivity contribution in [2.24, 2.45) is 0 Å². The lowest BCUT2D eigenvalue weighted by Crippen LogP contribution is -2.56. The number of amides is 1. The molecule has 94 valence electrons. The average molecular weight is 252 g/mol. The van der Waals surface area contributed by atoms with Gasteiger partial charge in [-0.3, -0.25) is 4.79 Å². The Morgan fingerprint density at radius 3 is 3.00 bits per heavy atom. The smallest absolute Gasteiger partial charge is 0.240 e. The lowest BCUT2D eigenvalue weighted by molar-refractivity contribution is -0.128. The molecule has 1 aliphatic heterocycles. The Hall–Kier alpha value is -0.870. The number of aryl methyl sites for hydroxylation is 1. The molecule has 0 aromatic carbocycles. The van der Waals surface area contributed by atoms with Gasteiger partial charge in [-0.1, -0.05) is 0 Å². The Morgan fingerprint density at radius 2 is 2.41 bits per heavy atom. The second-order valence-corrected chi connectivity index (χ2v) is 5.93. The molecular weight excluding hydrogens is 232 g/mol. The number of hydrogen-bond donors (Lipinski definition) is 2. The molecule has 1 aliphatic rings. The molecule has 1 aromatic rings. The second-order valence-electron chi connectivity index (χ2n) is 4.93. The summed E-state index contributed by atoms with van der Waals surface area (Å²) >= 11 is 1.70. The standard InChI is InChI=1S/C13H20N2OS/c1-10-5-8-17-11(10)9-14-12(16)13(2)6-3-4-7-15-13/h5,8,15H,3-4,6-7,9H2,1-2H3,(H,14,16). The Kier molecular flexibility index (Phi) is 3.84. The van der Waals surface area contributed by atoms with Crippen molar-refractivity contribution >= 4 is 17.2 Å². The van der Waals surface area contributed by atoms with Gasteiger partial charge in [0.2, 0.25) is 5.91 Å². The van der Waals surface area contributed by atoms with Gasteiger partial charge in [0.25, 0.3) is 0 Å². The van der Waals surface area contributed by atoms with Crippen LogP contribution in [0.1, 0.15) is 36.6 Å². The summed E-state index contributed by atoms with van der Waals surface area (Å²) in [4.78, 5) is 13.4. The predicted molar refractivity (Wildman–Crippen MR) is 71.2 cm³/mol. The van der Waals surface area contributed by atoms with E-state index in [1.165, 1.54) is 16.9 Å². The molecule has 4 heteroatoms. The lowest BCUT2D eigenvalue weighted by Gasteiger charge is -2.33. The summed E-state index contributed by atoms with van der Waals surface area (Å²) in [7, 11) is 0. The number of carbonyl (C=O) groups excluding carboxylic acids is 1. The zero-order chi connectivity index (χ0) is 12.3. The van der Waals surface area contributed by atoms with E-state index >= 15 is 0 Å². The third-order valence-corrected chi connectivity index (χ3v) is 4.52. The Labute approximate surface area is 107 Å². The van der Waals surface area contributed by atoms with Crippen LogP contribution in [0.5, 0.6) is 0 Å². The Balaban J connectivity index is 1.91. The summed E-state index contributed by atoms with van der Waals surface area (Å²) in [5.74, 6) is 0.130. The molecule has 2 heterocycles. The van der Waals surface area contributed by atoms with Crippen LogP contribution >= 0.6 is 11.3 Å². The number of thiophene rings is 1. The SMILES string of the molecule is Cc1ccsc1CNC(=O)C1(C)CCCCN1. The summed E-state index contributed by atoms with van der Waals surface area (Å²) in [5.41, 5.74) is 0.890. The zero-order valence-corrected chi connectivity index (χ0v) is 11.3. The van der Waals surface area contributed by atoms with Crippen LogP contribution in [-0.2, 0) is 11.3 Å². The van der Waals surface area contributed by atoms with Gasteiger partial charge < -0.3 is 10.6 Å². The summed E-state index contributed by atoms with van der Waals surface area (Å²) in [6.07, 6.45) is 3.24. The largest absolute Gasteiger partial charge is 0.350 e. The molecular formula is C13H20N2OS. The van der Waals surface area contributed by atoms with Crippen molar-refractivity contribution < 1.29 is 4.79 Å². The van der Waals surface area contributed by atoms with Crippen molar-refractivity contribution in [3.8, 4) is 0 Å². The number of carbonyl (C=O) groups is 1. The van der Waals surface area contributed by atoms with Crippen LogP contribution in [0.2, 0.25) is 0 Å². The van der Waals surface area contributed by atoms with Crippen LogP contribution in [0, 0.1) is 6.92 Å². The number of hydrogen-bond acceptors (Lipinski definition) is 3. The molecule has 0 radical (unpaired) electrons. The fourth-order valence-electron chi connectivity index (χ4n) is 2.19. The molecule has 1 saturated heterocycles. The topological polar surface area (TPSA) is 41.1 Å². The van der Waals surface area contributed by atoms with Gasteiger partial charge in [-0.25, -0.2) is 0 Å². The van der Waals surface area contributed by atoms with Crippen LogP contribution in [0.25, 0.3) is 0 Å². The molecule has 1 aromatic heterocycles. The van der Waals surface area contributed by atoms with E-state index in [1.807, 2.05) is 6.92 Å². The lowest BCUT2D eigenvalue weighted by atomic mass is 9.90. The zero-order valence-electron chi connectivity index (χ0n) is 10.5. The highest BCUT2D eigenvalue weighted by molar-refractivity contribution is 7.10. The van der Waals surface area contributed by atoms with E-state index in [0.717, 1.165) is 19.4 Å². The summed E-state index contributed by atoms with van der Waals surface area (Å²) < 4.78 is 0. The molecule has 0 aliphatic carbocycles. The maximum atomic E-state index is 12.2. The Morgan fingerprint density at radius 1 is 1.59 bits per heavy atom. The van der Waals surface area contributed by atoms with Gasteiger partial charge in [0.15, 0.2) is 0 Å². The van der Waals surface area contributed by atoms with Crippen molar-refractivity contribution in [1.29, 1.82) is 0 Å². The molecule has 1 amide bonds. The molecule has 1 fully saturated rings. The normalized spacial score (nSPS) is 24.6. The molecule has 0 spiro atoms. The van der Waals surface area contributed by atoms with Gasteiger partial charge in [-0.15, -0.1) is 11.3 Å². The van der Waals surface area contributed by atoms with Crippen LogP contribution in [-0.4, -0.2) is 18.0 Å². The molecule has 0 saturated carbocycles. The monoisotopic (exact) mass is 252 g/mol. The van der Waals surface area contributed by atoms with E-state index in [0.29, 0.717) is 6.54 Å². The Bertz CT molecular complexity index is 394. The van der Waals surface area contributed by atoms with Gasteiger partial charge in [0, 0.05) is 4.88 Å². The first-order valence-electron chi connectivity index (χ1n) is 6.18. The van der Waals surface area contributed by atoms with Crippen LogP contribution in [0.15, 0.2) is 11.4 Å². The fourth-order valence-corrected chi connectivity index (χ4v) is 3.04. The molecule has 1 unspecified atom stereocenters. The number of rotatable bonds is 3. The van der Waals surface area contributed by atoms with Gasteiger partial charge in [0.05, 0.1) is 12.1 Å². The first-order chi connectivity index (χ1) is 8.12. The minimum absolute atomic E-state index is 0.130. The molecule has 17 heavy (non-hydrogen) atoms. The highest BCUT2D eigenvalue weighted by Gasteiger charge is 2.33. The van der Waals surface area contributed by atoms with Gasteiger partial charge in [-0.05, 0) is 56.7 Å². The van der Waals surface area contributed by atoms with E-state index in [1.54, 1.807) is 11.3 Å². The van der Waals surface area contributed by atoms with E-state index in [2.05, 4.69) is 29.0 Å². The van der Waals surface area contributed by atoms with Crippen LogP contribution in [0.4, 0.5) is 0 Å². The van der Waals surface area contributed by atoms with E-state index in [-0.39, 0.29) is 11.4 Å². The highest BCUT2D eigenvalue weighted by Crippen LogP contribution is 2.20. The van der Waals surface area contributed by atoms with Gasteiger partial charge in [-0.2, -0.15) is 0 Å². The summed E-state index contributed by atoms with van der Waals surface area (Å²) in [6, 6.07) is 2.09. The molecule has 1 atom stereocenters.